The zero-order chi connectivity index (χ0) is 11.5. The molecule has 1 aliphatic heterocycles. The highest BCUT2D eigenvalue weighted by molar-refractivity contribution is 5.78. The smallest absolute Gasteiger partial charge is 0.242 e. The largest absolute Gasteiger partial charge is 0.463 e. The van der Waals surface area contributed by atoms with Gasteiger partial charge in [-0.05, 0) is 24.6 Å². The molecular formula is C14H13NO2. The van der Waals surface area contributed by atoms with Crippen LogP contribution in [0.1, 0.15) is 12.8 Å². The number of fused-ring (bicyclic) bond motifs is 1. The third-order valence-electron chi connectivity index (χ3n) is 2.72. The summed E-state index contributed by atoms with van der Waals surface area (Å²) in [4.78, 5) is 4.44. The van der Waals surface area contributed by atoms with E-state index in [1.54, 1.807) is 6.26 Å². The van der Waals surface area contributed by atoms with E-state index < -0.39 is 0 Å². The van der Waals surface area contributed by atoms with Gasteiger partial charge in [0.2, 0.25) is 12.2 Å². The van der Waals surface area contributed by atoms with E-state index in [-0.39, 0.29) is 6.29 Å². The van der Waals surface area contributed by atoms with Crippen LogP contribution in [0.2, 0.25) is 0 Å². The van der Waals surface area contributed by atoms with Crippen LogP contribution in [-0.2, 0) is 4.74 Å². The van der Waals surface area contributed by atoms with E-state index in [1.165, 1.54) is 0 Å². The lowest BCUT2D eigenvalue weighted by Gasteiger charge is -2.19. The molecule has 1 aromatic carbocycles. The normalized spacial score (nSPS) is 18.9. The van der Waals surface area contributed by atoms with Crippen molar-refractivity contribution < 1.29 is 9.47 Å². The van der Waals surface area contributed by atoms with E-state index in [0.717, 1.165) is 23.7 Å². The van der Waals surface area contributed by atoms with Crippen LogP contribution in [0.3, 0.4) is 0 Å². The molecule has 2 heterocycles. The first-order valence-electron chi connectivity index (χ1n) is 5.75. The van der Waals surface area contributed by atoms with E-state index in [9.17, 15) is 0 Å². The van der Waals surface area contributed by atoms with Crippen LogP contribution < -0.4 is 4.74 Å². The lowest BCUT2D eigenvalue weighted by Crippen LogP contribution is -2.20. The van der Waals surface area contributed by atoms with E-state index in [0.29, 0.717) is 5.88 Å². The number of hydrogen-bond acceptors (Lipinski definition) is 3. The molecule has 0 radical (unpaired) electrons. The maximum Gasteiger partial charge on any atom is 0.242 e. The Hall–Kier alpha value is -2.03. The molecule has 0 aliphatic carbocycles. The minimum absolute atomic E-state index is 0.214. The second-order valence-electron chi connectivity index (χ2n) is 3.97. The highest BCUT2D eigenvalue weighted by Crippen LogP contribution is 2.19. The molecule has 1 atom stereocenters. The maximum atomic E-state index is 5.68. The first kappa shape index (κ1) is 10.1. The van der Waals surface area contributed by atoms with Crippen molar-refractivity contribution in [3.05, 3.63) is 48.7 Å². The zero-order valence-electron chi connectivity index (χ0n) is 9.37. The molecule has 0 fully saturated rings. The quantitative estimate of drug-likeness (QED) is 0.789. The molecule has 0 N–H and O–H groups in total. The molecule has 0 saturated carbocycles. The second-order valence-corrected chi connectivity index (χ2v) is 3.97. The van der Waals surface area contributed by atoms with Crippen molar-refractivity contribution in [1.82, 2.24) is 4.98 Å². The van der Waals surface area contributed by atoms with Gasteiger partial charge in [-0.2, -0.15) is 0 Å². The average Bonchev–Trinajstić information content (AvgIpc) is 2.40. The van der Waals surface area contributed by atoms with Crippen LogP contribution >= 0.6 is 0 Å². The number of hydrogen-bond donors (Lipinski definition) is 0. The molecule has 3 rings (SSSR count). The van der Waals surface area contributed by atoms with E-state index in [2.05, 4.69) is 4.98 Å². The fraction of sp³-hybridized carbons (Fsp3) is 0.214. The van der Waals surface area contributed by atoms with E-state index in [1.807, 2.05) is 42.5 Å². The second kappa shape index (κ2) is 4.45. The van der Waals surface area contributed by atoms with Crippen molar-refractivity contribution in [3.63, 3.8) is 0 Å². The van der Waals surface area contributed by atoms with Crippen molar-refractivity contribution in [3.8, 4) is 5.88 Å². The number of nitrogens with zero attached hydrogens (tertiary/aromatic N) is 1. The van der Waals surface area contributed by atoms with Gasteiger partial charge in [0.05, 0.1) is 11.8 Å². The van der Waals surface area contributed by atoms with Crippen molar-refractivity contribution >= 4 is 10.9 Å². The summed E-state index contributed by atoms with van der Waals surface area (Å²) in [5, 5.41) is 1.12. The molecule has 0 bridgehead atoms. The predicted molar refractivity (Wildman–Crippen MR) is 65.6 cm³/mol. The minimum Gasteiger partial charge on any atom is -0.463 e. The van der Waals surface area contributed by atoms with E-state index >= 15 is 0 Å². The third kappa shape index (κ3) is 2.23. The maximum absolute atomic E-state index is 5.68. The monoisotopic (exact) mass is 227 g/mol. The summed E-state index contributed by atoms with van der Waals surface area (Å²) in [6.07, 6.45) is 5.32. The summed E-state index contributed by atoms with van der Waals surface area (Å²) in [6.45, 7) is 0. The molecule has 1 aliphatic rings. The molecule has 17 heavy (non-hydrogen) atoms. The van der Waals surface area contributed by atoms with Gasteiger partial charge < -0.3 is 9.47 Å². The molecule has 1 aromatic heterocycles. The Balaban J connectivity index is 1.83. The number of para-hydroxylation sites is 1. The van der Waals surface area contributed by atoms with Gasteiger partial charge in [-0.25, -0.2) is 4.98 Å². The summed E-state index contributed by atoms with van der Waals surface area (Å²) in [6, 6.07) is 11.9. The molecular weight excluding hydrogens is 214 g/mol. The molecule has 0 saturated heterocycles. The van der Waals surface area contributed by atoms with Crippen LogP contribution in [0.5, 0.6) is 5.88 Å². The highest BCUT2D eigenvalue weighted by atomic mass is 16.7. The molecule has 1 unspecified atom stereocenters. The fourth-order valence-electron chi connectivity index (χ4n) is 1.85. The van der Waals surface area contributed by atoms with Crippen molar-refractivity contribution in [1.29, 1.82) is 0 Å². The van der Waals surface area contributed by atoms with Crippen LogP contribution in [0, 0.1) is 0 Å². The van der Waals surface area contributed by atoms with Gasteiger partial charge in [0.1, 0.15) is 0 Å². The summed E-state index contributed by atoms with van der Waals surface area (Å²) in [5.41, 5.74) is 0.941. The molecule has 3 nitrogen and oxygen atoms in total. The summed E-state index contributed by atoms with van der Waals surface area (Å²) < 4.78 is 11.0. The van der Waals surface area contributed by atoms with Gasteiger partial charge in [-0.15, -0.1) is 0 Å². The van der Waals surface area contributed by atoms with E-state index in [4.69, 9.17) is 9.47 Å². The first-order valence-corrected chi connectivity index (χ1v) is 5.75. The zero-order valence-corrected chi connectivity index (χ0v) is 9.37. The van der Waals surface area contributed by atoms with Crippen LogP contribution in [0.25, 0.3) is 10.9 Å². The Morgan fingerprint density at radius 2 is 2.12 bits per heavy atom. The SMILES string of the molecule is C1=COC(Oc2ccc3ccccc3n2)CC1. The number of benzene rings is 1. The molecule has 2 aromatic rings. The number of pyridine rings is 1. The van der Waals surface area contributed by atoms with Gasteiger partial charge in [0.15, 0.2) is 0 Å². The van der Waals surface area contributed by atoms with Gasteiger partial charge in [-0.3, -0.25) is 0 Å². The Bertz CT molecular complexity index is 551. The van der Waals surface area contributed by atoms with Crippen molar-refractivity contribution in [2.45, 2.75) is 19.1 Å². The van der Waals surface area contributed by atoms with Crippen LogP contribution in [0.15, 0.2) is 48.7 Å². The highest BCUT2D eigenvalue weighted by Gasteiger charge is 2.13. The summed E-state index contributed by atoms with van der Waals surface area (Å²) in [7, 11) is 0. The number of rotatable bonds is 2. The summed E-state index contributed by atoms with van der Waals surface area (Å²) >= 11 is 0. The lowest BCUT2D eigenvalue weighted by molar-refractivity contribution is -0.0440. The molecule has 0 amide bonds. The molecule has 0 spiro atoms. The number of ether oxygens (including phenoxy) is 2. The number of allylic oxidation sites excluding steroid dienone is 1. The first-order chi connectivity index (χ1) is 8.42. The number of aromatic nitrogens is 1. The topological polar surface area (TPSA) is 31.4 Å². The van der Waals surface area contributed by atoms with Crippen LogP contribution in [0.4, 0.5) is 0 Å². The van der Waals surface area contributed by atoms with Crippen LogP contribution in [-0.4, -0.2) is 11.3 Å². The standard InChI is InChI=1S/C14H13NO2/c1-2-6-12-11(5-1)8-9-13(15-12)17-14-7-3-4-10-16-14/h1-2,4-6,8-10,14H,3,7H2. The minimum atomic E-state index is -0.214. The van der Waals surface area contributed by atoms with Crippen molar-refractivity contribution in [2.75, 3.05) is 0 Å². The molecule has 86 valence electrons. The Morgan fingerprint density at radius 3 is 3.00 bits per heavy atom. The Labute approximate surface area is 99.7 Å². The Kier molecular flexibility index (Phi) is 2.66. The average molecular weight is 227 g/mol. The van der Waals surface area contributed by atoms with Gasteiger partial charge in [-0.1, -0.05) is 18.2 Å². The van der Waals surface area contributed by atoms with Gasteiger partial charge in [0, 0.05) is 17.9 Å². The lowest BCUT2D eigenvalue weighted by atomic mass is 10.2. The third-order valence-corrected chi connectivity index (χ3v) is 2.72. The Morgan fingerprint density at radius 1 is 1.18 bits per heavy atom. The van der Waals surface area contributed by atoms with Gasteiger partial charge in [0.25, 0.3) is 0 Å². The molecule has 3 heteroatoms. The van der Waals surface area contributed by atoms with Crippen molar-refractivity contribution in [2.24, 2.45) is 0 Å². The predicted octanol–water partition coefficient (Wildman–Crippen LogP) is 3.26. The summed E-state index contributed by atoms with van der Waals surface area (Å²) in [5.74, 6) is 0.615. The fourth-order valence-corrected chi connectivity index (χ4v) is 1.85. The van der Waals surface area contributed by atoms with Gasteiger partial charge >= 0.3 is 0 Å².